The standard InChI is InChI=1S/C24H29N3O3/c1-3-30-16-6-14-25-24(28)27-15-13-20-19-7-4-5-8-21(19)26-22(20)23(27)17-9-11-18(29-2)12-10-17/h4-5,7-12,23,26H,3,6,13-16H2,1-2H3,(H,25,28)/t23-/m1/s1. The van der Waals surface area contributed by atoms with Gasteiger partial charge in [-0.2, -0.15) is 0 Å². The molecule has 2 N–H and O–H groups in total. The van der Waals surface area contributed by atoms with Gasteiger partial charge in [-0.1, -0.05) is 30.3 Å². The van der Waals surface area contributed by atoms with E-state index in [0.29, 0.717) is 26.3 Å². The summed E-state index contributed by atoms with van der Waals surface area (Å²) in [5.74, 6) is 0.804. The zero-order chi connectivity index (χ0) is 20.9. The van der Waals surface area contributed by atoms with Crippen LogP contribution in [0.5, 0.6) is 5.75 Å². The number of nitrogens with one attached hydrogen (secondary N) is 2. The number of carbonyl (C=O) groups is 1. The Bertz CT molecular complexity index is 997. The third-order valence-corrected chi connectivity index (χ3v) is 5.67. The highest BCUT2D eigenvalue weighted by Gasteiger charge is 2.34. The predicted molar refractivity (Wildman–Crippen MR) is 118 cm³/mol. The summed E-state index contributed by atoms with van der Waals surface area (Å²) in [6, 6.07) is 16.1. The lowest BCUT2D eigenvalue weighted by Crippen LogP contribution is -2.46. The molecule has 1 atom stereocenters. The number of urea groups is 1. The Morgan fingerprint density at radius 1 is 1.20 bits per heavy atom. The molecule has 4 rings (SSSR count). The van der Waals surface area contributed by atoms with Crippen LogP contribution in [0.2, 0.25) is 0 Å². The molecule has 2 aromatic carbocycles. The number of benzene rings is 2. The molecule has 2 heterocycles. The summed E-state index contributed by atoms with van der Waals surface area (Å²) in [5, 5.41) is 4.31. The SMILES string of the molecule is CCOCCCNC(=O)N1CCc2c([nH]c3ccccc23)[C@H]1c1ccc(OC)cc1. The second-order valence-electron chi connectivity index (χ2n) is 7.46. The van der Waals surface area contributed by atoms with Gasteiger partial charge in [0.05, 0.1) is 13.2 Å². The van der Waals surface area contributed by atoms with Crippen LogP contribution in [0, 0.1) is 0 Å². The van der Waals surface area contributed by atoms with Crippen molar-refractivity contribution in [2.75, 3.05) is 33.4 Å². The second-order valence-corrected chi connectivity index (χ2v) is 7.46. The normalized spacial score (nSPS) is 15.8. The maximum absolute atomic E-state index is 13.1. The summed E-state index contributed by atoms with van der Waals surface area (Å²) in [6.45, 7) is 4.60. The van der Waals surface area contributed by atoms with Crippen molar-refractivity contribution >= 4 is 16.9 Å². The number of H-pyrrole nitrogens is 1. The van der Waals surface area contributed by atoms with E-state index < -0.39 is 0 Å². The first kappa shape index (κ1) is 20.3. The molecule has 2 amide bonds. The highest BCUT2D eigenvalue weighted by Crippen LogP contribution is 2.38. The minimum atomic E-state index is -0.168. The molecular formula is C24H29N3O3. The Balaban J connectivity index is 1.64. The fraction of sp³-hybridized carbons (Fsp3) is 0.375. The van der Waals surface area contributed by atoms with Crippen LogP contribution in [0.25, 0.3) is 10.9 Å². The minimum absolute atomic E-state index is 0.0448. The van der Waals surface area contributed by atoms with Crippen molar-refractivity contribution in [3.63, 3.8) is 0 Å². The van der Waals surface area contributed by atoms with E-state index in [1.807, 2.05) is 42.2 Å². The van der Waals surface area contributed by atoms with E-state index in [1.165, 1.54) is 10.9 Å². The van der Waals surface area contributed by atoms with Crippen LogP contribution < -0.4 is 10.1 Å². The van der Waals surface area contributed by atoms with E-state index in [-0.39, 0.29) is 12.1 Å². The number of hydrogen-bond acceptors (Lipinski definition) is 3. The number of amides is 2. The minimum Gasteiger partial charge on any atom is -0.497 e. The highest BCUT2D eigenvalue weighted by molar-refractivity contribution is 5.86. The van der Waals surface area contributed by atoms with Gasteiger partial charge in [0.25, 0.3) is 0 Å². The lowest BCUT2D eigenvalue weighted by molar-refractivity contribution is 0.143. The molecule has 1 aliphatic rings. The Labute approximate surface area is 177 Å². The number of fused-ring (bicyclic) bond motifs is 3. The largest absolute Gasteiger partial charge is 0.497 e. The van der Waals surface area contributed by atoms with Crippen LogP contribution >= 0.6 is 0 Å². The maximum atomic E-state index is 13.1. The summed E-state index contributed by atoms with van der Waals surface area (Å²) in [5.41, 5.74) is 4.57. The zero-order valence-corrected chi connectivity index (χ0v) is 17.6. The molecule has 0 saturated carbocycles. The van der Waals surface area contributed by atoms with E-state index in [0.717, 1.165) is 35.4 Å². The summed E-state index contributed by atoms with van der Waals surface area (Å²) in [7, 11) is 1.66. The van der Waals surface area contributed by atoms with Gasteiger partial charge in [0.1, 0.15) is 5.75 Å². The predicted octanol–water partition coefficient (Wildman–Crippen LogP) is 4.26. The molecule has 0 spiro atoms. The molecule has 0 unspecified atom stereocenters. The van der Waals surface area contributed by atoms with E-state index in [2.05, 4.69) is 28.5 Å². The first-order chi connectivity index (χ1) is 14.7. The van der Waals surface area contributed by atoms with Crippen molar-refractivity contribution in [3.8, 4) is 5.75 Å². The van der Waals surface area contributed by atoms with Gasteiger partial charge in [0.15, 0.2) is 0 Å². The van der Waals surface area contributed by atoms with E-state index in [9.17, 15) is 4.79 Å². The molecule has 0 radical (unpaired) electrons. The third kappa shape index (κ3) is 4.00. The van der Waals surface area contributed by atoms with Crippen LogP contribution in [0.4, 0.5) is 4.79 Å². The molecule has 6 heteroatoms. The van der Waals surface area contributed by atoms with Crippen LogP contribution in [0.15, 0.2) is 48.5 Å². The fourth-order valence-corrected chi connectivity index (χ4v) is 4.21. The van der Waals surface area contributed by atoms with Crippen molar-refractivity contribution in [2.24, 2.45) is 0 Å². The number of para-hydroxylation sites is 1. The third-order valence-electron chi connectivity index (χ3n) is 5.67. The van der Waals surface area contributed by atoms with Gasteiger partial charge in [-0.05, 0) is 49.1 Å². The number of rotatable bonds is 7. The van der Waals surface area contributed by atoms with Gasteiger partial charge >= 0.3 is 6.03 Å². The van der Waals surface area contributed by atoms with E-state index >= 15 is 0 Å². The van der Waals surface area contributed by atoms with Crippen LogP contribution in [0.3, 0.4) is 0 Å². The van der Waals surface area contributed by atoms with Gasteiger partial charge < -0.3 is 24.7 Å². The van der Waals surface area contributed by atoms with Crippen molar-refractivity contribution in [2.45, 2.75) is 25.8 Å². The Morgan fingerprint density at radius 2 is 2.00 bits per heavy atom. The Kier molecular flexibility index (Phi) is 6.23. The highest BCUT2D eigenvalue weighted by atomic mass is 16.5. The van der Waals surface area contributed by atoms with Crippen molar-refractivity contribution < 1.29 is 14.3 Å². The molecule has 0 aliphatic carbocycles. The van der Waals surface area contributed by atoms with Crippen molar-refractivity contribution in [3.05, 3.63) is 65.4 Å². The molecule has 158 valence electrons. The summed E-state index contributed by atoms with van der Waals surface area (Å²) >= 11 is 0. The molecule has 0 fully saturated rings. The lowest BCUT2D eigenvalue weighted by atomic mass is 9.92. The molecule has 0 saturated heterocycles. The molecule has 3 aromatic rings. The number of aromatic amines is 1. The average molecular weight is 408 g/mol. The van der Waals surface area contributed by atoms with E-state index in [1.54, 1.807) is 7.11 Å². The molecule has 0 bridgehead atoms. The average Bonchev–Trinajstić information content (AvgIpc) is 3.17. The maximum Gasteiger partial charge on any atom is 0.318 e. The first-order valence-electron chi connectivity index (χ1n) is 10.6. The zero-order valence-electron chi connectivity index (χ0n) is 17.6. The monoisotopic (exact) mass is 407 g/mol. The summed E-state index contributed by atoms with van der Waals surface area (Å²) < 4.78 is 10.7. The van der Waals surface area contributed by atoms with Crippen LogP contribution in [-0.4, -0.2) is 49.3 Å². The number of aromatic nitrogens is 1. The second kappa shape index (κ2) is 9.22. The van der Waals surface area contributed by atoms with E-state index in [4.69, 9.17) is 9.47 Å². The molecule has 30 heavy (non-hydrogen) atoms. The molecule has 6 nitrogen and oxygen atoms in total. The van der Waals surface area contributed by atoms with Gasteiger partial charge in [0, 0.05) is 42.9 Å². The molecule has 1 aliphatic heterocycles. The number of methoxy groups -OCH3 is 1. The Hall–Kier alpha value is -2.99. The van der Waals surface area contributed by atoms with Gasteiger partial charge in [0.2, 0.25) is 0 Å². The summed E-state index contributed by atoms with van der Waals surface area (Å²) in [4.78, 5) is 18.6. The van der Waals surface area contributed by atoms with Crippen LogP contribution in [0.1, 0.15) is 36.2 Å². The van der Waals surface area contributed by atoms with Crippen molar-refractivity contribution in [1.82, 2.24) is 15.2 Å². The summed E-state index contributed by atoms with van der Waals surface area (Å²) in [6.07, 6.45) is 1.64. The van der Waals surface area contributed by atoms with Crippen molar-refractivity contribution in [1.29, 1.82) is 0 Å². The Morgan fingerprint density at radius 3 is 2.77 bits per heavy atom. The molecular weight excluding hydrogens is 378 g/mol. The topological polar surface area (TPSA) is 66.6 Å². The lowest BCUT2D eigenvalue weighted by Gasteiger charge is -2.36. The quantitative estimate of drug-likeness (QED) is 0.575. The molecule has 1 aromatic heterocycles. The van der Waals surface area contributed by atoms with Crippen LogP contribution in [-0.2, 0) is 11.2 Å². The number of carbonyl (C=O) groups excluding carboxylic acids is 1. The smallest absolute Gasteiger partial charge is 0.318 e. The van der Waals surface area contributed by atoms with Gasteiger partial charge in [-0.25, -0.2) is 4.79 Å². The number of hydrogen-bond donors (Lipinski definition) is 2. The first-order valence-corrected chi connectivity index (χ1v) is 10.6. The number of nitrogens with zero attached hydrogens (tertiary/aromatic N) is 1. The number of ether oxygens (including phenoxy) is 2. The van der Waals surface area contributed by atoms with Gasteiger partial charge in [-0.15, -0.1) is 0 Å². The fourth-order valence-electron chi connectivity index (χ4n) is 4.21. The van der Waals surface area contributed by atoms with Gasteiger partial charge in [-0.3, -0.25) is 0 Å².